The Kier molecular flexibility index (Phi) is 4.48. The van der Waals surface area contributed by atoms with E-state index in [0.29, 0.717) is 33.5 Å². The first-order valence-corrected chi connectivity index (χ1v) is 9.40. The largest absolute Gasteiger partial charge is 0.493 e. The van der Waals surface area contributed by atoms with Crippen LogP contribution in [-0.2, 0) is 0 Å². The summed E-state index contributed by atoms with van der Waals surface area (Å²) in [4.78, 5) is 16.8. The number of halogens is 1. The molecule has 0 saturated carbocycles. The fraction of sp³-hybridized carbons (Fsp3) is 0.0526. The standard InChI is InChI=1S/C19H13BrN2O3S/c1-24-15-7-3-4-11-9-16(25-17(11)15)14-10-26-19(21-14)22-18(23)12-5-2-6-13(20)8-12/h2-10H,1H3,(H,21,22,23). The van der Waals surface area contributed by atoms with Crippen molar-refractivity contribution < 1.29 is 13.9 Å². The third-order valence-corrected chi connectivity index (χ3v) is 5.04. The summed E-state index contributed by atoms with van der Waals surface area (Å²) in [5.74, 6) is 1.09. The van der Waals surface area contributed by atoms with Gasteiger partial charge in [0.25, 0.3) is 5.91 Å². The number of thiazole rings is 1. The van der Waals surface area contributed by atoms with Gasteiger partial charge in [-0.3, -0.25) is 10.1 Å². The van der Waals surface area contributed by atoms with Crippen molar-refractivity contribution in [2.45, 2.75) is 0 Å². The quantitative estimate of drug-likeness (QED) is 0.460. The second-order valence-corrected chi connectivity index (χ2v) is 7.27. The number of ether oxygens (including phenoxy) is 1. The number of hydrogen-bond donors (Lipinski definition) is 1. The predicted octanol–water partition coefficient (Wildman–Crippen LogP) is 5.58. The molecule has 130 valence electrons. The molecule has 0 aliphatic heterocycles. The van der Waals surface area contributed by atoms with Gasteiger partial charge in [-0.15, -0.1) is 11.3 Å². The molecule has 0 atom stereocenters. The number of hydrogen-bond acceptors (Lipinski definition) is 5. The maximum absolute atomic E-state index is 12.3. The van der Waals surface area contributed by atoms with Gasteiger partial charge in [-0.1, -0.05) is 34.1 Å². The van der Waals surface area contributed by atoms with Crippen molar-refractivity contribution in [3.05, 3.63) is 63.9 Å². The van der Waals surface area contributed by atoms with E-state index in [2.05, 4.69) is 26.2 Å². The summed E-state index contributed by atoms with van der Waals surface area (Å²) in [5.41, 5.74) is 1.90. The molecule has 5 nitrogen and oxygen atoms in total. The number of carbonyl (C=O) groups is 1. The number of amides is 1. The molecular weight excluding hydrogens is 416 g/mol. The van der Waals surface area contributed by atoms with Gasteiger partial charge in [-0.05, 0) is 30.3 Å². The lowest BCUT2D eigenvalue weighted by Crippen LogP contribution is -2.11. The van der Waals surface area contributed by atoms with Crippen LogP contribution in [0.5, 0.6) is 5.75 Å². The summed E-state index contributed by atoms with van der Waals surface area (Å²) in [6.07, 6.45) is 0. The molecule has 0 bridgehead atoms. The van der Waals surface area contributed by atoms with E-state index in [1.54, 1.807) is 19.2 Å². The fourth-order valence-corrected chi connectivity index (χ4v) is 3.66. The Morgan fingerprint density at radius 2 is 2.08 bits per heavy atom. The number of anilines is 1. The van der Waals surface area contributed by atoms with Crippen molar-refractivity contribution in [1.82, 2.24) is 4.98 Å². The molecule has 4 aromatic rings. The topological polar surface area (TPSA) is 64.4 Å². The smallest absolute Gasteiger partial charge is 0.257 e. The first kappa shape index (κ1) is 16.8. The minimum Gasteiger partial charge on any atom is -0.493 e. The van der Waals surface area contributed by atoms with Crippen LogP contribution < -0.4 is 10.1 Å². The van der Waals surface area contributed by atoms with Crippen LogP contribution in [0.1, 0.15) is 10.4 Å². The lowest BCUT2D eigenvalue weighted by molar-refractivity contribution is 0.102. The number of para-hydroxylation sites is 1. The molecule has 0 radical (unpaired) electrons. The Morgan fingerprint density at radius 3 is 2.88 bits per heavy atom. The number of methoxy groups -OCH3 is 1. The normalized spacial score (nSPS) is 10.8. The molecule has 1 amide bonds. The zero-order chi connectivity index (χ0) is 18.1. The van der Waals surface area contributed by atoms with E-state index in [4.69, 9.17) is 9.15 Å². The number of benzene rings is 2. The predicted molar refractivity (Wildman–Crippen MR) is 106 cm³/mol. The highest BCUT2D eigenvalue weighted by atomic mass is 79.9. The van der Waals surface area contributed by atoms with Crippen molar-refractivity contribution in [1.29, 1.82) is 0 Å². The maximum atomic E-state index is 12.3. The maximum Gasteiger partial charge on any atom is 0.257 e. The highest BCUT2D eigenvalue weighted by Crippen LogP contribution is 2.34. The van der Waals surface area contributed by atoms with Gasteiger partial charge in [-0.25, -0.2) is 4.98 Å². The molecule has 0 aliphatic rings. The van der Waals surface area contributed by atoms with Gasteiger partial charge in [0, 0.05) is 20.8 Å². The number of nitrogens with zero attached hydrogens (tertiary/aromatic N) is 1. The third-order valence-electron chi connectivity index (χ3n) is 3.79. The SMILES string of the molecule is COc1cccc2cc(-c3csc(NC(=O)c4cccc(Br)c4)n3)oc12. The van der Waals surface area contributed by atoms with Crippen molar-refractivity contribution in [3.8, 4) is 17.2 Å². The van der Waals surface area contributed by atoms with Gasteiger partial charge in [0.05, 0.1) is 7.11 Å². The van der Waals surface area contributed by atoms with Gasteiger partial charge in [0.15, 0.2) is 22.2 Å². The molecule has 0 unspecified atom stereocenters. The molecule has 7 heteroatoms. The van der Waals surface area contributed by atoms with Gasteiger partial charge >= 0.3 is 0 Å². The lowest BCUT2D eigenvalue weighted by Gasteiger charge is -2.01. The Balaban J connectivity index is 1.59. The van der Waals surface area contributed by atoms with Crippen LogP contribution in [0.3, 0.4) is 0 Å². The average Bonchev–Trinajstić information content (AvgIpc) is 3.27. The first-order chi connectivity index (χ1) is 12.6. The van der Waals surface area contributed by atoms with Gasteiger partial charge < -0.3 is 9.15 Å². The summed E-state index contributed by atoms with van der Waals surface area (Å²) in [6.45, 7) is 0. The van der Waals surface area contributed by atoms with E-state index in [0.717, 1.165) is 9.86 Å². The monoisotopic (exact) mass is 428 g/mol. The molecule has 0 spiro atoms. The number of fused-ring (bicyclic) bond motifs is 1. The molecule has 2 heterocycles. The van der Waals surface area contributed by atoms with Crippen LogP contribution in [-0.4, -0.2) is 18.0 Å². The zero-order valence-electron chi connectivity index (χ0n) is 13.7. The Morgan fingerprint density at radius 1 is 1.23 bits per heavy atom. The summed E-state index contributed by atoms with van der Waals surface area (Å²) in [5, 5.41) is 6.11. The highest BCUT2D eigenvalue weighted by molar-refractivity contribution is 9.10. The van der Waals surface area contributed by atoms with E-state index in [1.165, 1.54) is 11.3 Å². The first-order valence-electron chi connectivity index (χ1n) is 7.73. The van der Waals surface area contributed by atoms with E-state index in [-0.39, 0.29) is 5.91 Å². The molecule has 26 heavy (non-hydrogen) atoms. The van der Waals surface area contributed by atoms with Gasteiger partial charge in [0.1, 0.15) is 5.69 Å². The summed E-state index contributed by atoms with van der Waals surface area (Å²) in [7, 11) is 1.61. The van der Waals surface area contributed by atoms with Gasteiger partial charge in [0.2, 0.25) is 0 Å². The van der Waals surface area contributed by atoms with Crippen molar-refractivity contribution in [2.24, 2.45) is 0 Å². The van der Waals surface area contributed by atoms with E-state index < -0.39 is 0 Å². The van der Waals surface area contributed by atoms with Crippen LogP contribution in [0.4, 0.5) is 5.13 Å². The highest BCUT2D eigenvalue weighted by Gasteiger charge is 2.14. The second-order valence-electron chi connectivity index (χ2n) is 5.49. The molecule has 0 fully saturated rings. The number of nitrogens with one attached hydrogen (secondary N) is 1. The number of rotatable bonds is 4. The molecular formula is C19H13BrN2O3S. The van der Waals surface area contributed by atoms with Crippen LogP contribution in [0.15, 0.2) is 62.8 Å². The van der Waals surface area contributed by atoms with Crippen LogP contribution >= 0.6 is 27.3 Å². The Bertz CT molecular complexity index is 1100. The molecule has 2 aromatic heterocycles. The van der Waals surface area contributed by atoms with Crippen LogP contribution in [0, 0.1) is 0 Å². The molecule has 1 N–H and O–H groups in total. The summed E-state index contributed by atoms with van der Waals surface area (Å²) < 4.78 is 12.1. The van der Waals surface area contributed by atoms with Crippen molar-refractivity contribution in [3.63, 3.8) is 0 Å². The summed E-state index contributed by atoms with van der Waals surface area (Å²) >= 11 is 4.71. The minimum absolute atomic E-state index is 0.210. The minimum atomic E-state index is -0.210. The number of carbonyl (C=O) groups excluding carboxylic acids is 1. The molecule has 0 aliphatic carbocycles. The Hall–Kier alpha value is -2.64. The number of furan rings is 1. The molecule has 2 aromatic carbocycles. The van der Waals surface area contributed by atoms with E-state index >= 15 is 0 Å². The van der Waals surface area contributed by atoms with Gasteiger partial charge in [-0.2, -0.15) is 0 Å². The average molecular weight is 429 g/mol. The lowest BCUT2D eigenvalue weighted by atomic mass is 10.2. The van der Waals surface area contributed by atoms with Crippen LogP contribution in [0.25, 0.3) is 22.4 Å². The zero-order valence-corrected chi connectivity index (χ0v) is 16.1. The number of aromatic nitrogens is 1. The second kappa shape index (κ2) is 6.93. The fourth-order valence-electron chi connectivity index (χ4n) is 2.57. The van der Waals surface area contributed by atoms with Crippen molar-refractivity contribution in [2.75, 3.05) is 12.4 Å². The van der Waals surface area contributed by atoms with Crippen molar-refractivity contribution >= 4 is 49.3 Å². The Labute approximate surface area is 161 Å². The summed E-state index contributed by atoms with van der Waals surface area (Å²) in [6, 6.07) is 14.8. The molecule has 0 saturated heterocycles. The third kappa shape index (κ3) is 3.23. The van der Waals surface area contributed by atoms with Crippen LogP contribution in [0.2, 0.25) is 0 Å². The van der Waals surface area contributed by atoms with E-state index in [9.17, 15) is 4.79 Å². The van der Waals surface area contributed by atoms with E-state index in [1.807, 2.05) is 41.8 Å². The molecule has 4 rings (SSSR count).